The van der Waals surface area contributed by atoms with Gasteiger partial charge in [-0.15, -0.1) is 0 Å². The molecular formula is C24H42. The van der Waals surface area contributed by atoms with Crippen LogP contribution < -0.4 is 0 Å². The van der Waals surface area contributed by atoms with Crippen molar-refractivity contribution in [3.05, 3.63) is 24.3 Å². The minimum Gasteiger partial charge on any atom is -0.0885 e. The fourth-order valence-electron chi connectivity index (χ4n) is 4.86. The fraction of sp³-hybridized carbons (Fsp3) is 0.833. The Labute approximate surface area is 152 Å². The van der Waals surface area contributed by atoms with Gasteiger partial charge in [0.15, 0.2) is 0 Å². The molecule has 0 saturated heterocycles. The molecule has 2 rings (SSSR count). The first kappa shape index (κ1) is 19.8. The zero-order chi connectivity index (χ0) is 17.0. The summed E-state index contributed by atoms with van der Waals surface area (Å²) in [5, 5.41) is 0. The molecule has 0 atom stereocenters. The fourth-order valence-corrected chi connectivity index (χ4v) is 4.86. The van der Waals surface area contributed by atoms with E-state index in [9.17, 15) is 0 Å². The summed E-state index contributed by atoms with van der Waals surface area (Å²) in [5.41, 5.74) is 0. The molecule has 0 aliphatic heterocycles. The summed E-state index contributed by atoms with van der Waals surface area (Å²) in [6.07, 6.45) is 29.9. The monoisotopic (exact) mass is 330 g/mol. The van der Waals surface area contributed by atoms with Crippen LogP contribution >= 0.6 is 0 Å². The van der Waals surface area contributed by atoms with Crippen molar-refractivity contribution < 1.29 is 0 Å². The summed E-state index contributed by atoms with van der Waals surface area (Å²) in [4.78, 5) is 0. The van der Waals surface area contributed by atoms with E-state index in [1.54, 1.807) is 0 Å². The molecule has 0 aromatic heterocycles. The Bertz CT molecular complexity index is 312. The molecular weight excluding hydrogens is 288 g/mol. The minimum absolute atomic E-state index is 0.901. The number of hydrogen-bond donors (Lipinski definition) is 0. The largest absolute Gasteiger partial charge is 0.0885 e. The van der Waals surface area contributed by atoms with E-state index < -0.39 is 0 Å². The lowest BCUT2D eigenvalue weighted by molar-refractivity contribution is 0.268. The number of allylic oxidation sites excluding steroid dienone is 4. The molecule has 0 bridgehead atoms. The highest BCUT2D eigenvalue weighted by molar-refractivity contribution is 4.91. The Kier molecular flexibility index (Phi) is 9.85. The number of rotatable bonds is 9. The standard InChI is InChI=1S/C24H42/c1-3-5-9-21-13-17-23(18-14-21)11-7-8-12-24-19-15-22(16-20-24)10-6-4-2/h5-6,9-10,21-24H,3-4,7-8,11-20H2,1-2H3/b9-5+,10-6+/t21-,22?,23-,24?. The lowest BCUT2D eigenvalue weighted by Crippen LogP contribution is -2.14. The Morgan fingerprint density at radius 3 is 1.29 bits per heavy atom. The summed E-state index contributed by atoms with van der Waals surface area (Å²) < 4.78 is 0. The molecule has 2 saturated carbocycles. The Hall–Kier alpha value is -0.520. The zero-order valence-corrected chi connectivity index (χ0v) is 16.5. The molecule has 0 heterocycles. The van der Waals surface area contributed by atoms with E-state index in [-0.39, 0.29) is 0 Å². The van der Waals surface area contributed by atoms with Gasteiger partial charge in [-0.25, -0.2) is 0 Å². The summed E-state index contributed by atoms with van der Waals surface area (Å²) in [7, 11) is 0. The quantitative estimate of drug-likeness (QED) is 0.296. The Balaban J connectivity index is 1.49. The normalized spacial score (nSPS) is 31.9. The molecule has 0 amide bonds. The van der Waals surface area contributed by atoms with Gasteiger partial charge in [-0.3, -0.25) is 0 Å². The molecule has 0 radical (unpaired) electrons. The summed E-state index contributed by atoms with van der Waals surface area (Å²) in [5.74, 6) is 3.90. The van der Waals surface area contributed by atoms with Gasteiger partial charge in [-0.05, 0) is 87.9 Å². The van der Waals surface area contributed by atoms with Crippen LogP contribution in [-0.4, -0.2) is 0 Å². The average Bonchev–Trinajstić information content (AvgIpc) is 2.64. The van der Waals surface area contributed by atoms with Crippen LogP contribution in [0.4, 0.5) is 0 Å². The maximum atomic E-state index is 2.49. The van der Waals surface area contributed by atoms with Crippen LogP contribution in [0, 0.1) is 23.7 Å². The predicted molar refractivity (Wildman–Crippen MR) is 108 cm³/mol. The molecule has 0 N–H and O–H groups in total. The molecule has 0 unspecified atom stereocenters. The van der Waals surface area contributed by atoms with Gasteiger partial charge >= 0.3 is 0 Å². The van der Waals surface area contributed by atoms with Crippen LogP contribution in [0.1, 0.15) is 104 Å². The lowest BCUT2D eigenvalue weighted by atomic mass is 9.78. The number of hydrogen-bond acceptors (Lipinski definition) is 0. The van der Waals surface area contributed by atoms with Crippen molar-refractivity contribution >= 4 is 0 Å². The zero-order valence-electron chi connectivity index (χ0n) is 16.5. The molecule has 24 heavy (non-hydrogen) atoms. The summed E-state index contributed by atoms with van der Waals surface area (Å²) in [6.45, 7) is 4.49. The Morgan fingerprint density at radius 2 is 0.958 bits per heavy atom. The molecule has 2 fully saturated rings. The van der Waals surface area contributed by atoms with Crippen molar-refractivity contribution in [3.63, 3.8) is 0 Å². The van der Waals surface area contributed by atoms with Crippen LogP contribution in [-0.2, 0) is 0 Å². The molecule has 0 aromatic carbocycles. The van der Waals surface area contributed by atoms with Crippen LogP contribution in [0.2, 0.25) is 0 Å². The summed E-state index contributed by atoms with van der Waals surface area (Å²) >= 11 is 0. The topological polar surface area (TPSA) is 0 Å². The van der Waals surface area contributed by atoms with E-state index in [2.05, 4.69) is 38.2 Å². The maximum absolute atomic E-state index is 2.49. The van der Waals surface area contributed by atoms with Gasteiger partial charge in [0.05, 0.1) is 0 Å². The molecule has 0 nitrogen and oxygen atoms in total. The molecule has 2 aliphatic rings. The second-order valence-electron chi connectivity index (χ2n) is 8.52. The van der Waals surface area contributed by atoms with Crippen molar-refractivity contribution in [2.24, 2.45) is 23.7 Å². The second kappa shape index (κ2) is 11.9. The predicted octanol–water partition coefficient (Wildman–Crippen LogP) is 8.09. The first-order valence-electron chi connectivity index (χ1n) is 11.1. The SMILES string of the molecule is CC/C=C/C1CCC(CCCC[C@H]2CC[C@H](/C=C/CC)CC2)CC1. The van der Waals surface area contributed by atoms with Gasteiger partial charge in [-0.2, -0.15) is 0 Å². The van der Waals surface area contributed by atoms with Crippen molar-refractivity contribution in [3.8, 4) is 0 Å². The minimum atomic E-state index is 0.901. The third-order valence-electron chi connectivity index (χ3n) is 6.55. The van der Waals surface area contributed by atoms with E-state index >= 15 is 0 Å². The highest BCUT2D eigenvalue weighted by Crippen LogP contribution is 2.35. The van der Waals surface area contributed by atoms with Crippen molar-refractivity contribution in [1.29, 1.82) is 0 Å². The van der Waals surface area contributed by atoms with Gasteiger partial charge in [0.25, 0.3) is 0 Å². The van der Waals surface area contributed by atoms with Crippen molar-refractivity contribution in [2.45, 2.75) is 104 Å². The van der Waals surface area contributed by atoms with E-state index in [0.29, 0.717) is 0 Å². The molecule has 2 aliphatic carbocycles. The molecule has 0 aromatic rings. The van der Waals surface area contributed by atoms with Gasteiger partial charge in [-0.1, -0.05) is 63.8 Å². The van der Waals surface area contributed by atoms with Crippen LogP contribution in [0.5, 0.6) is 0 Å². The van der Waals surface area contributed by atoms with E-state index in [4.69, 9.17) is 0 Å². The lowest BCUT2D eigenvalue weighted by Gasteiger charge is -2.28. The third-order valence-corrected chi connectivity index (χ3v) is 6.55. The van der Waals surface area contributed by atoms with E-state index in [0.717, 1.165) is 23.7 Å². The van der Waals surface area contributed by atoms with E-state index in [1.807, 2.05) is 0 Å². The van der Waals surface area contributed by atoms with Crippen LogP contribution in [0.3, 0.4) is 0 Å². The highest BCUT2D eigenvalue weighted by atomic mass is 14.3. The third kappa shape index (κ3) is 7.58. The van der Waals surface area contributed by atoms with Gasteiger partial charge in [0, 0.05) is 0 Å². The van der Waals surface area contributed by atoms with Crippen LogP contribution in [0.15, 0.2) is 24.3 Å². The average molecular weight is 331 g/mol. The first-order chi connectivity index (χ1) is 11.8. The van der Waals surface area contributed by atoms with Crippen molar-refractivity contribution in [1.82, 2.24) is 0 Å². The molecule has 0 spiro atoms. The van der Waals surface area contributed by atoms with Gasteiger partial charge < -0.3 is 0 Å². The molecule has 138 valence electrons. The summed E-state index contributed by atoms with van der Waals surface area (Å²) in [6, 6.07) is 0. The van der Waals surface area contributed by atoms with Gasteiger partial charge in [0.1, 0.15) is 0 Å². The van der Waals surface area contributed by atoms with Gasteiger partial charge in [0.2, 0.25) is 0 Å². The highest BCUT2D eigenvalue weighted by Gasteiger charge is 2.21. The smallest absolute Gasteiger partial charge is 0.0233 e. The number of unbranched alkanes of at least 4 members (excludes halogenated alkanes) is 1. The maximum Gasteiger partial charge on any atom is -0.0233 e. The second-order valence-corrected chi connectivity index (χ2v) is 8.52. The molecule has 0 heteroatoms. The van der Waals surface area contributed by atoms with Crippen molar-refractivity contribution in [2.75, 3.05) is 0 Å². The van der Waals surface area contributed by atoms with E-state index in [1.165, 1.54) is 89.9 Å². The van der Waals surface area contributed by atoms with Crippen LogP contribution in [0.25, 0.3) is 0 Å². The Morgan fingerprint density at radius 1 is 0.583 bits per heavy atom. The first-order valence-corrected chi connectivity index (χ1v) is 11.1.